The second-order valence-corrected chi connectivity index (χ2v) is 5.28. The Morgan fingerprint density at radius 1 is 1.11 bits per heavy atom. The van der Waals surface area contributed by atoms with Crippen LogP contribution in [-0.4, -0.2) is 38.9 Å². The highest BCUT2D eigenvalue weighted by molar-refractivity contribution is 7.86. The smallest absolute Gasteiger partial charge is 0.333 e. The zero-order valence-electron chi connectivity index (χ0n) is 10.6. The highest BCUT2D eigenvalue weighted by Crippen LogP contribution is 2.31. The van der Waals surface area contributed by atoms with Crippen LogP contribution in [0.3, 0.4) is 0 Å². The maximum absolute atomic E-state index is 11.0. The summed E-state index contributed by atoms with van der Waals surface area (Å²) in [6.07, 6.45) is 2.37. The van der Waals surface area contributed by atoms with E-state index in [0.29, 0.717) is 22.4 Å². The molecule has 0 fully saturated rings. The first kappa shape index (κ1) is 13.3. The summed E-state index contributed by atoms with van der Waals surface area (Å²) in [5.74, 6) is 1.02. The Bertz CT molecular complexity index is 714. The van der Waals surface area contributed by atoms with Gasteiger partial charge in [0.2, 0.25) is 0 Å². The second kappa shape index (κ2) is 4.88. The zero-order valence-corrected chi connectivity index (χ0v) is 11.4. The molecule has 1 aromatic heterocycles. The molecule has 2 aromatic rings. The monoisotopic (exact) mass is 284 g/mol. The molecule has 19 heavy (non-hydrogen) atoms. The lowest BCUT2D eigenvalue weighted by molar-refractivity contribution is 0.355. The lowest BCUT2D eigenvalue weighted by Crippen LogP contribution is -2.08. The average Bonchev–Trinajstić information content (AvgIpc) is 2.35. The summed E-state index contributed by atoms with van der Waals surface area (Å²) in [6.45, 7) is 0. The van der Waals surface area contributed by atoms with Gasteiger partial charge in [-0.2, -0.15) is 13.4 Å². The summed E-state index contributed by atoms with van der Waals surface area (Å²) in [7, 11) is -0.637. The third-order valence-corrected chi connectivity index (χ3v) is 2.74. The standard InChI is InChI=1S/C11H12N2O5S/c1-16-9-4-7-6-12-11(18-19(3,14)15)13-8(7)5-10(9)17-2/h4-6H,1-3H3. The van der Waals surface area contributed by atoms with E-state index in [1.54, 1.807) is 12.1 Å². The minimum Gasteiger partial charge on any atom is -0.493 e. The van der Waals surface area contributed by atoms with Gasteiger partial charge in [-0.15, -0.1) is 0 Å². The minimum absolute atomic E-state index is 0.234. The third kappa shape index (κ3) is 3.02. The topological polar surface area (TPSA) is 87.6 Å². The van der Waals surface area contributed by atoms with Gasteiger partial charge < -0.3 is 13.7 Å². The molecule has 2 rings (SSSR count). The molecule has 7 nitrogen and oxygen atoms in total. The lowest BCUT2D eigenvalue weighted by Gasteiger charge is -2.09. The Morgan fingerprint density at radius 2 is 1.74 bits per heavy atom. The van der Waals surface area contributed by atoms with Crippen molar-refractivity contribution in [3.63, 3.8) is 0 Å². The van der Waals surface area contributed by atoms with Gasteiger partial charge in [0.25, 0.3) is 0 Å². The summed E-state index contributed by atoms with van der Waals surface area (Å²) >= 11 is 0. The van der Waals surface area contributed by atoms with Crippen LogP contribution in [0.4, 0.5) is 0 Å². The Hall–Kier alpha value is -2.09. The van der Waals surface area contributed by atoms with Gasteiger partial charge in [0, 0.05) is 17.6 Å². The van der Waals surface area contributed by atoms with Gasteiger partial charge in [0.15, 0.2) is 11.5 Å². The van der Waals surface area contributed by atoms with Crippen molar-refractivity contribution in [2.75, 3.05) is 20.5 Å². The molecule has 0 aliphatic carbocycles. The van der Waals surface area contributed by atoms with Gasteiger partial charge in [-0.1, -0.05) is 0 Å². The van der Waals surface area contributed by atoms with Crippen LogP contribution in [0.1, 0.15) is 0 Å². The predicted octanol–water partition coefficient (Wildman–Crippen LogP) is 0.985. The SMILES string of the molecule is COc1cc2cnc(OS(C)(=O)=O)nc2cc1OC. The Balaban J connectivity index is 2.53. The van der Waals surface area contributed by atoms with Gasteiger partial charge in [-0.05, 0) is 6.07 Å². The molecule has 8 heteroatoms. The lowest BCUT2D eigenvalue weighted by atomic mass is 10.2. The fraction of sp³-hybridized carbons (Fsp3) is 0.273. The molecule has 1 heterocycles. The molecule has 0 saturated heterocycles. The molecule has 0 aliphatic rings. The van der Waals surface area contributed by atoms with Crippen molar-refractivity contribution < 1.29 is 22.1 Å². The molecule has 0 unspecified atom stereocenters. The van der Waals surface area contributed by atoms with E-state index in [0.717, 1.165) is 6.26 Å². The van der Waals surface area contributed by atoms with Crippen molar-refractivity contribution in [1.82, 2.24) is 9.97 Å². The molecule has 102 valence electrons. The molecule has 0 spiro atoms. The van der Waals surface area contributed by atoms with Gasteiger partial charge >= 0.3 is 16.1 Å². The molecular weight excluding hydrogens is 272 g/mol. The van der Waals surface area contributed by atoms with Crippen molar-refractivity contribution in [2.45, 2.75) is 0 Å². The van der Waals surface area contributed by atoms with Crippen LogP contribution in [0.5, 0.6) is 17.5 Å². The van der Waals surface area contributed by atoms with Gasteiger partial charge in [-0.3, -0.25) is 0 Å². The van der Waals surface area contributed by atoms with Gasteiger partial charge in [0.1, 0.15) is 0 Å². The number of methoxy groups -OCH3 is 2. The van der Waals surface area contributed by atoms with Crippen LogP contribution in [0.2, 0.25) is 0 Å². The number of nitrogens with zero attached hydrogens (tertiary/aromatic N) is 2. The predicted molar refractivity (Wildman–Crippen MR) is 68.1 cm³/mol. The van der Waals surface area contributed by atoms with E-state index < -0.39 is 10.1 Å². The number of hydrogen-bond acceptors (Lipinski definition) is 7. The molecule has 0 aliphatic heterocycles. The summed E-state index contributed by atoms with van der Waals surface area (Å²) < 4.78 is 36.9. The number of hydrogen-bond donors (Lipinski definition) is 0. The molecule has 0 amide bonds. The molecule has 0 atom stereocenters. The molecule has 0 N–H and O–H groups in total. The highest BCUT2D eigenvalue weighted by atomic mass is 32.2. The van der Waals surface area contributed by atoms with Crippen LogP contribution in [0.15, 0.2) is 18.3 Å². The minimum atomic E-state index is -3.66. The van der Waals surface area contributed by atoms with E-state index in [1.165, 1.54) is 20.4 Å². The zero-order chi connectivity index (χ0) is 14.0. The molecule has 0 saturated carbocycles. The second-order valence-electron chi connectivity index (χ2n) is 3.71. The van der Waals surface area contributed by atoms with E-state index in [4.69, 9.17) is 9.47 Å². The summed E-state index contributed by atoms with van der Waals surface area (Å²) in [6, 6.07) is 3.07. The average molecular weight is 284 g/mol. The van der Waals surface area contributed by atoms with E-state index in [2.05, 4.69) is 14.2 Å². The number of rotatable bonds is 4. The molecular formula is C11H12N2O5S. The number of fused-ring (bicyclic) bond motifs is 1. The van der Waals surface area contributed by atoms with E-state index in [-0.39, 0.29) is 6.01 Å². The van der Waals surface area contributed by atoms with Crippen LogP contribution in [-0.2, 0) is 10.1 Å². The van der Waals surface area contributed by atoms with E-state index in [9.17, 15) is 8.42 Å². The number of benzene rings is 1. The van der Waals surface area contributed by atoms with Crippen LogP contribution >= 0.6 is 0 Å². The van der Waals surface area contributed by atoms with Crippen LogP contribution in [0.25, 0.3) is 10.9 Å². The first-order valence-electron chi connectivity index (χ1n) is 5.21. The number of ether oxygens (including phenoxy) is 2. The maximum Gasteiger partial charge on any atom is 0.333 e. The largest absolute Gasteiger partial charge is 0.493 e. The van der Waals surface area contributed by atoms with Crippen LogP contribution < -0.4 is 13.7 Å². The van der Waals surface area contributed by atoms with Crippen molar-refractivity contribution >= 4 is 21.0 Å². The van der Waals surface area contributed by atoms with Crippen molar-refractivity contribution in [2.24, 2.45) is 0 Å². The maximum atomic E-state index is 11.0. The highest BCUT2D eigenvalue weighted by Gasteiger charge is 2.11. The van der Waals surface area contributed by atoms with E-state index in [1.807, 2.05) is 0 Å². The summed E-state index contributed by atoms with van der Waals surface area (Å²) in [5, 5.41) is 0.679. The fourth-order valence-corrected chi connectivity index (χ4v) is 1.87. The summed E-state index contributed by atoms with van der Waals surface area (Å²) in [5.41, 5.74) is 0.492. The van der Waals surface area contributed by atoms with Crippen molar-refractivity contribution in [3.8, 4) is 17.5 Å². The molecule has 0 radical (unpaired) electrons. The Morgan fingerprint density at radius 3 is 2.32 bits per heavy atom. The van der Waals surface area contributed by atoms with Crippen LogP contribution in [0, 0.1) is 0 Å². The van der Waals surface area contributed by atoms with E-state index >= 15 is 0 Å². The molecule has 1 aromatic carbocycles. The van der Waals surface area contributed by atoms with Gasteiger partial charge in [-0.25, -0.2) is 4.98 Å². The third-order valence-electron chi connectivity index (χ3n) is 2.29. The van der Waals surface area contributed by atoms with Crippen molar-refractivity contribution in [1.29, 1.82) is 0 Å². The number of aromatic nitrogens is 2. The van der Waals surface area contributed by atoms with Crippen molar-refractivity contribution in [3.05, 3.63) is 18.3 Å². The Labute approximate surface area is 110 Å². The summed E-state index contributed by atoms with van der Waals surface area (Å²) in [4.78, 5) is 7.81. The Kier molecular flexibility index (Phi) is 3.43. The quantitative estimate of drug-likeness (QED) is 0.773. The normalized spacial score (nSPS) is 11.3. The molecule has 0 bridgehead atoms. The fourth-order valence-electron chi connectivity index (χ4n) is 1.52. The first-order chi connectivity index (χ1) is 8.93. The van der Waals surface area contributed by atoms with Gasteiger partial charge in [0.05, 0.1) is 26.0 Å². The first-order valence-corrected chi connectivity index (χ1v) is 7.03.